The zero-order valence-electron chi connectivity index (χ0n) is 15.9. The quantitative estimate of drug-likeness (QED) is 0.793. The van der Waals surface area contributed by atoms with E-state index in [-0.39, 0.29) is 28.8 Å². The van der Waals surface area contributed by atoms with Crippen LogP contribution in [0.3, 0.4) is 0 Å². The first kappa shape index (κ1) is 18.4. The minimum atomic E-state index is -0.617. The van der Waals surface area contributed by atoms with Gasteiger partial charge in [-0.25, -0.2) is 14.3 Å². The molecule has 2 aromatic rings. The van der Waals surface area contributed by atoms with Gasteiger partial charge in [0.05, 0.1) is 25.8 Å². The maximum absolute atomic E-state index is 13.1. The topological polar surface area (TPSA) is 112 Å². The van der Waals surface area contributed by atoms with Crippen molar-refractivity contribution in [2.45, 2.75) is 44.1 Å². The molecule has 0 saturated heterocycles. The van der Waals surface area contributed by atoms with E-state index in [1.165, 1.54) is 31.0 Å². The smallest absolute Gasteiger partial charge is 0.356 e. The zero-order chi connectivity index (χ0) is 19.9. The number of fused-ring (bicyclic) bond motifs is 4. The molecule has 1 amide bonds. The Kier molecular flexibility index (Phi) is 4.32. The summed E-state index contributed by atoms with van der Waals surface area (Å²) in [5.41, 5.74) is -0.107. The third-order valence-corrected chi connectivity index (χ3v) is 6.23. The highest BCUT2D eigenvalue weighted by molar-refractivity contribution is 5.97. The number of hydrogen-bond donors (Lipinski definition) is 1. The van der Waals surface area contributed by atoms with E-state index in [9.17, 15) is 14.4 Å². The van der Waals surface area contributed by atoms with Crippen LogP contribution in [0, 0.1) is 5.41 Å². The third kappa shape index (κ3) is 2.81. The van der Waals surface area contributed by atoms with Crippen LogP contribution in [0.5, 0.6) is 0 Å². The lowest BCUT2D eigenvalue weighted by Crippen LogP contribution is -2.58. The summed E-state index contributed by atoms with van der Waals surface area (Å²) in [5.74, 6) is -1.09. The van der Waals surface area contributed by atoms with Crippen LogP contribution in [-0.4, -0.2) is 52.2 Å². The van der Waals surface area contributed by atoms with Crippen molar-refractivity contribution in [3.63, 3.8) is 0 Å². The number of carbonyl (C=O) groups excluding carboxylic acids is 3. The average Bonchev–Trinajstić information content (AvgIpc) is 3.21. The van der Waals surface area contributed by atoms with Gasteiger partial charge in [-0.15, -0.1) is 0 Å². The number of nitrogens with one attached hydrogen (secondary N) is 1. The normalized spacial score (nSPS) is 26.1. The van der Waals surface area contributed by atoms with Gasteiger partial charge < -0.3 is 14.8 Å². The standard InChI is InChI=1S/C19H22N4O5/c1-27-16(25)12-11-13(23-14(21-12)3-10-20-23)15(24)22-19-7-4-18(5-8-19,6-9-19)17(26)28-2/h3,10-11H,4-9H2,1-2H3,(H,22,24). The zero-order valence-corrected chi connectivity index (χ0v) is 15.9. The number of methoxy groups -OCH3 is 2. The molecule has 5 rings (SSSR count). The number of nitrogens with zero attached hydrogens (tertiary/aromatic N) is 3. The van der Waals surface area contributed by atoms with Crippen molar-refractivity contribution in [2.24, 2.45) is 5.41 Å². The second kappa shape index (κ2) is 6.57. The lowest BCUT2D eigenvalue weighted by molar-refractivity contribution is -0.160. The Hall–Kier alpha value is -2.97. The monoisotopic (exact) mass is 386 g/mol. The van der Waals surface area contributed by atoms with Crippen LogP contribution in [-0.2, 0) is 14.3 Å². The molecule has 0 atom stereocenters. The molecule has 2 heterocycles. The molecule has 28 heavy (non-hydrogen) atoms. The molecule has 0 unspecified atom stereocenters. The van der Waals surface area contributed by atoms with Gasteiger partial charge in [0.1, 0.15) is 5.69 Å². The van der Waals surface area contributed by atoms with E-state index >= 15 is 0 Å². The Balaban J connectivity index is 1.59. The van der Waals surface area contributed by atoms with Crippen molar-refractivity contribution >= 4 is 23.5 Å². The van der Waals surface area contributed by atoms with Crippen LogP contribution in [0.15, 0.2) is 18.3 Å². The van der Waals surface area contributed by atoms with Crippen molar-refractivity contribution in [3.05, 3.63) is 29.7 Å². The van der Waals surface area contributed by atoms with E-state index in [0.717, 1.165) is 0 Å². The van der Waals surface area contributed by atoms with Gasteiger partial charge in [0, 0.05) is 17.7 Å². The van der Waals surface area contributed by atoms with E-state index in [2.05, 4.69) is 15.4 Å². The summed E-state index contributed by atoms with van der Waals surface area (Å²) < 4.78 is 11.1. The minimum absolute atomic E-state index is 0.0511. The first-order valence-electron chi connectivity index (χ1n) is 9.26. The summed E-state index contributed by atoms with van der Waals surface area (Å²) in [6, 6.07) is 3.01. The highest BCUT2D eigenvalue weighted by Gasteiger charge is 2.53. The van der Waals surface area contributed by atoms with Gasteiger partial charge in [-0.3, -0.25) is 9.59 Å². The maximum Gasteiger partial charge on any atom is 0.356 e. The van der Waals surface area contributed by atoms with Gasteiger partial charge in [0.25, 0.3) is 5.91 Å². The number of ether oxygens (including phenoxy) is 2. The highest BCUT2D eigenvalue weighted by Crippen LogP contribution is 2.52. The van der Waals surface area contributed by atoms with E-state index in [4.69, 9.17) is 9.47 Å². The summed E-state index contributed by atoms with van der Waals surface area (Å²) in [7, 11) is 2.69. The minimum Gasteiger partial charge on any atom is -0.469 e. The lowest BCUT2D eigenvalue weighted by Gasteiger charge is -2.51. The number of esters is 2. The van der Waals surface area contributed by atoms with Crippen LogP contribution >= 0.6 is 0 Å². The van der Waals surface area contributed by atoms with E-state index < -0.39 is 11.4 Å². The molecule has 3 fully saturated rings. The number of amides is 1. The second-order valence-corrected chi connectivity index (χ2v) is 7.63. The first-order chi connectivity index (χ1) is 13.4. The van der Waals surface area contributed by atoms with Gasteiger partial charge in [0.2, 0.25) is 0 Å². The molecule has 9 nitrogen and oxygen atoms in total. The van der Waals surface area contributed by atoms with Gasteiger partial charge in [-0.1, -0.05) is 0 Å². The average molecular weight is 386 g/mol. The van der Waals surface area contributed by atoms with Gasteiger partial charge in [-0.2, -0.15) is 5.10 Å². The van der Waals surface area contributed by atoms with Gasteiger partial charge in [0.15, 0.2) is 11.3 Å². The molecular formula is C19H22N4O5. The number of aromatic nitrogens is 3. The number of hydrogen-bond acceptors (Lipinski definition) is 7. The van der Waals surface area contributed by atoms with Crippen LogP contribution in [0.2, 0.25) is 0 Å². The van der Waals surface area contributed by atoms with Gasteiger partial charge >= 0.3 is 11.9 Å². The molecule has 1 N–H and O–H groups in total. The fraction of sp³-hybridized carbons (Fsp3) is 0.526. The maximum atomic E-state index is 13.1. The van der Waals surface area contributed by atoms with Crippen molar-refractivity contribution in [1.29, 1.82) is 0 Å². The molecule has 9 heteroatoms. The second-order valence-electron chi connectivity index (χ2n) is 7.63. The van der Waals surface area contributed by atoms with Crippen molar-refractivity contribution in [1.82, 2.24) is 19.9 Å². The highest BCUT2D eigenvalue weighted by atomic mass is 16.5. The Morgan fingerprint density at radius 2 is 1.75 bits per heavy atom. The van der Waals surface area contributed by atoms with Crippen LogP contribution < -0.4 is 5.32 Å². The molecule has 2 bridgehead atoms. The van der Waals surface area contributed by atoms with Crippen LogP contribution in [0.1, 0.15) is 59.5 Å². The fourth-order valence-corrected chi connectivity index (χ4v) is 4.48. The molecule has 3 aliphatic carbocycles. The molecule has 0 aromatic carbocycles. The molecule has 2 aromatic heterocycles. The van der Waals surface area contributed by atoms with Gasteiger partial charge in [-0.05, 0) is 38.5 Å². The Labute approximate surface area is 161 Å². The summed E-state index contributed by atoms with van der Waals surface area (Å²) in [6.45, 7) is 0. The Morgan fingerprint density at radius 3 is 2.36 bits per heavy atom. The van der Waals surface area contributed by atoms with E-state index in [1.54, 1.807) is 6.07 Å². The number of rotatable bonds is 4. The van der Waals surface area contributed by atoms with Crippen molar-refractivity contribution in [3.8, 4) is 0 Å². The summed E-state index contributed by atoms with van der Waals surface area (Å²) >= 11 is 0. The van der Waals surface area contributed by atoms with Crippen molar-refractivity contribution < 1.29 is 23.9 Å². The molecule has 0 spiro atoms. The summed E-state index contributed by atoms with van der Waals surface area (Å²) in [5, 5.41) is 7.29. The summed E-state index contributed by atoms with van der Waals surface area (Å²) in [6.07, 6.45) is 5.74. The molecule has 148 valence electrons. The van der Waals surface area contributed by atoms with Crippen molar-refractivity contribution in [2.75, 3.05) is 14.2 Å². The summed E-state index contributed by atoms with van der Waals surface area (Å²) in [4.78, 5) is 41.3. The molecule has 3 saturated carbocycles. The number of carbonyl (C=O) groups is 3. The SMILES string of the molecule is COC(=O)c1cc(C(=O)NC23CCC(C(=O)OC)(CC2)CC3)n2nccc2n1. The van der Waals surface area contributed by atoms with Crippen LogP contribution in [0.4, 0.5) is 0 Å². The van der Waals surface area contributed by atoms with E-state index in [0.29, 0.717) is 44.2 Å². The fourth-order valence-electron chi connectivity index (χ4n) is 4.48. The van der Waals surface area contributed by atoms with E-state index in [1.807, 2.05) is 0 Å². The lowest BCUT2D eigenvalue weighted by atomic mass is 9.57. The molecule has 0 aliphatic heterocycles. The third-order valence-electron chi connectivity index (χ3n) is 6.23. The Bertz CT molecular complexity index is 942. The molecule has 3 aliphatic rings. The molecular weight excluding hydrogens is 364 g/mol. The predicted molar refractivity (Wildman–Crippen MR) is 96.7 cm³/mol. The van der Waals surface area contributed by atoms with Crippen LogP contribution in [0.25, 0.3) is 5.65 Å². The predicted octanol–water partition coefficient (Wildman–Crippen LogP) is 1.51. The molecule has 0 radical (unpaired) electrons. The Morgan fingerprint density at radius 1 is 1.07 bits per heavy atom. The largest absolute Gasteiger partial charge is 0.469 e. The first-order valence-corrected chi connectivity index (χ1v) is 9.26.